The van der Waals surface area contributed by atoms with Gasteiger partial charge in [0.15, 0.2) is 5.82 Å². The summed E-state index contributed by atoms with van der Waals surface area (Å²) in [5.41, 5.74) is 3.25. The number of hydrazine groups is 1. The van der Waals surface area contributed by atoms with Crippen molar-refractivity contribution in [1.82, 2.24) is 15.0 Å². The van der Waals surface area contributed by atoms with E-state index in [4.69, 9.17) is 5.84 Å². The number of hydrogen-bond acceptors (Lipinski definition) is 7. The van der Waals surface area contributed by atoms with Crippen molar-refractivity contribution in [2.24, 2.45) is 5.84 Å². The van der Waals surface area contributed by atoms with Crippen LogP contribution in [-0.4, -0.2) is 33.8 Å². The van der Waals surface area contributed by atoms with E-state index < -0.39 is 5.82 Å². The number of nitrogens with one attached hydrogen (secondary N) is 1. The first-order valence-electron chi connectivity index (χ1n) is 11.0. The van der Waals surface area contributed by atoms with Crippen LogP contribution in [0.15, 0.2) is 67.0 Å². The smallest absolute Gasteiger partial charge is 0.223 e. The maximum absolute atomic E-state index is 14.7. The highest BCUT2D eigenvalue weighted by Crippen LogP contribution is 2.40. The second kappa shape index (κ2) is 10.5. The summed E-state index contributed by atoms with van der Waals surface area (Å²) in [7, 11) is 0. The van der Waals surface area contributed by atoms with Crippen LogP contribution in [-0.2, 0) is 11.2 Å². The van der Waals surface area contributed by atoms with Crippen molar-refractivity contribution in [2.75, 3.05) is 18.4 Å². The molecule has 174 valence electrons. The van der Waals surface area contributed by atoms with Gasteiger partial charge in [-0.2, -0.15) is 0 Å². The first-order valence-corrected chi connectivity index (χ1v) is 11.8. The van der Waals surface area contributed by atoms with Gasteiger partial charge in [-0.1, -0.05) is 48.5 Å². The normalized spacial score (nSPS) is 11.3. The summed E-state index contributed by atoms with van der Waals surface area (Å²) in [6.07, 6.45) is 5.17. The van der Waals surface area contributed by atoms with Gasteiger partial charge in [-0.05, 0) is 42.0 Å². The van der Waals surface area contributed by atoms with Crippen LogP contribution >= 0.6 is 11.3 Å². The Labute approximate surface area is 201 Å². The lowest BCUT2D eigenvalue weighted by Crippen LogP contribution is -2.30. The van der Waals surface area contributed by atoms with E-state index in [1.54, 1.807) is 18.1 Å². The first-order chi connectivity index (χ1) is 16.5. The summed E-state index contributed by atoms with van der Waals surface area (Å²) in [6.45, 7) is 4.54. The zero-order valence-electron chi connectivity index (χ0n) is 19.1. The fourth-order valence-electron chi connectivity index (χ4n) is 3.79. The van der Waals surface area contributed by atoms with Crippen LogP contribution in [0.1, 0.15) is 19.4 Å². The van der Waals surface area contributed by atoms with Crippen molar-refractivity contribution < 1.29 is 9.18 Å². The number of allylic oxidation sites excluding steroid dienone is 1. The minimum atomic E-state index is -0.481. The number of anilines is 1. The molecule has 0 bridgehead atoms. The third kappa shape index (κ3) is 5.30. The maximum atomic E-state index is 14.7. The second-order valence-electron chi connectivity index (χ2n) is 7.91. The highest BCUT2D eigenvalue weighted by molar-refractivity contribution is 7.22. The quantitative estimate of drug-likeness (QED) is 0.249. The standard InChI is InChI=1S/C26H26FN5OS/c1-3-12-32(28)13-11-29-26-30-16-22(27)24(31-26)23-15-19-8-6-10-21(25(19)34-23)20-9-5-4-7-18(20)14-17(2)33/h3-10,12,15-16H,11,13-14,28H2,1-2H3,(H,29,30,31)/b12-3-. The molecule has 0 aliphatic heterocycles. The topological polar surface area (TPSA) is 84.1 Å². The minimum Gasteiger partial charge on any atom is -0.352 e. The number of carbonyl (C=O) groups is 1. The molecule has 34 heavy (non-hydrogen) atoms. The Morgan fingerprint density at radius 2 is 2.00 bits per heavy atom. The number of benzene rings is 2. The predicted octanol–water partition coefficient (Wildman–Crippen LogP) is 5.42. The van der Waals surface area contributed by atoms with Crippen molar-refractivity contribution >= 4 is 33.2 Å². The van der Waals surface area contributed by atoms with Crippen LogP contribution < -0.4 is 11.2 Å². The molecule has 8 heteroatoms. The lowest BCUT2D eigenvalue weighted by molar-refractivity contribution is -0.116. The summed E-state index contributed by atoms with van der Waals surface area (Å²) in [5.74, 6) is 5.79. The summed E-state index contributed by atoms with van der Waals surface area (Å²) in [5, 5.41) is 5.64. The van der Waals surface area contributed by atoms with E-state index in [0.29, 0.717) is 30.3 Å². The molecule has 3 N–H and O–H groups in total. The molecular formula is C26H26FN5OS. The molecule has 4 aromatic rings. The van der Waals surface area contributed by atoms with E-state index in [1.807, 2.05) is 61.5 Å². The van der Waals surface area contributed by atoms with Crippen molar-refractivity contribution in [3.8, 4) is 21.7 Å². The van der Waals surface area contributed by atoms with E-state index in [1.165, 1.54) is 17.5 Å². The third-order valence-corrected chi connectivity index (χ3v) is 6.45. The fourth-order valence-corrected chi connectivity index (χ4v) is 4.96. The first kappa shape index (κ1) is 23.5. The molecular weight excluding hydrogens is 449 g/mol. The number of ketones is 1. The molecule has 0 atom stereocenters. The number of aromatic nitrogens is 2. The average Bonchev–Trinajstić information content (AvgIpc) is 3.25. The number of hydrogen-bond donors (Lipinski definition) is 2. The van der Waals surface area contributed by atoms with E-state index in [-0.39, 0.29) is 11.5 Å². The number of rotatable bonds is 9. The Hall–Kier alpha value is -3.62. The summed E-state index contributed by atoms with van der Waals surface area (Å²) in [6, 6.07) is 15.9. The molecule has 0 radical (unpaired) electrons. The van der Waals surface area contributed by atoms with E-state index in [9.17, 15) is 9.18 Å². The molecule has 0 fully saturated rings. The minimum absolute atomic E-state index is 0.109. The molecule has 0 aliphatic rings. The number of nitrogens with two attached hydrogens (primary N) is 1. The predicted molar refractivity (Wildman–Crippen MR) is 137 cm³/mol. The van der Waals surface area contributed by atoms with Crippen molar-refractivity contribution in [3.05, 3.63) is 78.4 Å². The monoisotopic (exact) mass is 475 g/mol. The van der Waals surface area contributed by atoms with Crippen LogP contribution in [0.25, 0.3) is 31.8 Å². The molecule has 0 aliphatic carbocycles. The van der Waals surface area contributed by atoms with Gasteiger partial charge >= 0.3 is 0 Å². The maximum Gasteiger partial charge on any atom is 0.223 e. The number of halogens is 1. The average molecular weight is 476 g/mol. The molecule has 0 saturated heterocycles. The highest BCUT2D eigenvalue weighted by atomic mass is 32.1. The molecule has 0 amide bonds. The Kier molecular flexibility index (Phi) is 7.30. The molecule has 6 nitrogen and oxygen atoms in total. The van der Waals surface area contributed by atoms with Crippen LogP contribution in [0.5, 0.6) is 0 Å². The van der Waals surface area contributed by atoms with Crippen LogP contribution in [0.3, 0.4) is 0 Å². The molecule has 2 heterocycles. The van der Waals surface area contributed by atoms with Crippen molar-refractivity contribution in [2.45, 2.75) is 20.3 Å². The van der Waals surface area contributed by atoms with E-state index >= 15 is 0 Å². The van der Waals surface area contributed by atoms with Gasteiger partial charge in [-0.25, -0.2) is 20.2 Å². The summed E-state index contributed by atoms with van der Waals surface area (Å²) < 4.78 is 15.8. The molecule has 4 rings (SSSR count). The largest absolute Gasteiger partial charge is 0.352 e. The zero-order valence-corrected chi connectivity index (χ0v) is 19.9. The van der Waals surface area contributed by atoms with Gasteiger partial charge in [0, 0.05) is 23.9 Å². The fraction of sp³-hybridized carbons (Fsp3) is 0.192. The number of Topliss-reactive ketones (excluding diaryl/α,β-unsaturated/α-hetero) is 1. The Balaban J connectivity index is 1.68. The van der Waals surface area contributed by atoms with Gasteiger partial charge in [0.05, 0.1) is 17.6 Å². The number of thiophene rings is 1. The highest BCUT2D eigenvalue weighted by Gasteiger charge is 2.16. The zero-order chi connectivity index (χ0) is 24.1. The number of carbonyl (C=O) groups excluding carboxylic acids is 1. The Bertz CT molecular complexity index is 1350. The van der Waals surface area contributed by atoms with E-state index in [2.05, 4.69) is 15.3 Å². The van der Waals surface area contributed by atoms with Crippen molar-refractivity contribution in [3.63, 3.8) is 0 Å². The van der Waals surface area contributed by atoms with E-state index in [0.717, 1.165) is 26.8 Å². The lowest BCUT2D eigenvalue weighted by Gasteiger charge is -2.13. The van der Waals surface area contributed by atoms with Crippen LogP contribution in [0, 0.1) is 5.82 Å². The van der Waals surface area contributed by atoms with Crippen LogP contribution in [0.4, 0.5) is 10.3 Å². The summed E-state index contributed by atoms with van der Waals surface area (Å²) in [4.78, 5) is 21.0. The van der Waals surface area contributed by atoms with Gasteiger partial charge in [0.25, 0.3) is 0 Å². The van der Waals surface area contributed by atoms with Gasteiger partial charge in [0.2, 0.25) is 5.95 Å². The number of nitrogens with zero attached hydrogens (tertiary/aromatic N) is 3. The van der Waals surface area contributed by atoms with Gasteiger partial charge in [-0.15, -0.1) is 11.3 Å². The summed E-state index contributed by atoms with van der Waals surface area (Å²) >= 11 is 1.48. The second-order valence-corrected chi connectivity index (χ2v) is 8.96. The third-order valence-electron chi connectivity index (χ3n) is 5.26. The van der Waals surface area contributed by atoms with Gasteiger partial charge in [0.1, 0.15) is 11.5 Å². The molecule has 2 aromatic carbocycles. The van der Waals surface area contributed by atoms with Crippen molar-refractivity contribution in [1.29, 1.82) is 0 Å². The Morgan fingerprint density at radius 1 is 1.21 bits per heavy atom. The molecule has 0 unspecified atom stereocenters. The van der Waals surface area contributed by atoms with Gasteiger partial charge < -0.3 is 10.3 Å². The van der Waals surface area contributed by atoms with Crippen LogP contribution in [0.2, 0.25) is 0 Å². The SMILES string of the molecule is C/C=C\N(N)CCNc1ncc(F)c(-c2cc3cccc(-c4ccccc4CC(C)=O)c3s2)n1. The molecule has 2 aromatic heterocycles. The molecule has 0 saturated carbocycles. The number of fused-ring (bicyclic) bond motifs is 1. The van der Waals surface area contributed by atoms with Gasteiger partial charge in [-0.3, -0.25) is 4.79 Å². The lowest BCUT2D eigenvalue weighted by atomic mass is 9.96. The molecule has 0 spiro atoms. The Morgan fingerprint density at radius 3 is 2.79 bits per heavy atom.